The number of hydrogen-bond acceptors (Lipinski definition) is 5. The van der Waals surface area contributed by atoms with Crippen molar-refractivity contribution in [1.82, 2.24) is 10.6 Å². The fourth-order valence-corrected chi connectivity index (χ4v) is 4.03. The summed E-state index contributed by atoms with van der Waals surface area (Å²) >= 11 is 11.4. The summed E-state index contributed by atoms with van der Waals surface area (Å²) in [5, 5.41) is 16.5. The van der Waals surface area contributed by atoms with E-state index in [-0.39, 0.29) is 22.3 Å². The molecule has 1 amide bonds. The van der Waals surface area contributed by atoms with Crippen LogP contribution >= 0.6 is 44.1 Å². The monoisotopic (exact) mass is 565 g/mol. The zero-order valence-electron chi connectivity index (χ0n) is 14.3. The summed E-state index contributed by atoms with van der Waals surface area (Å²) in [6, 6.07) is 5.08. The van der Waals surface area contributed by atoms with Crippen molar-refractivity contribution in [3.63, 3.8) is 0 Å². The molecule has 1 fully saturated rings. The molecule has 13 heteroatoms. The number of ether oxygens (including phenoxy) is 1. The minimum atomic E-state index is -4.73. The Labute approximate surface area is 188 Å². The van der Waals surface area contributed by atoms with Gasteiger partial charge in [-0.1, -0.05) is 0 Å². The number of carbonyl (C=O) groups is 1. The van der Waals surface area contributed by atoms with Crippen molar-refractivity contribution in [3.8, 4) is 11.5 Å². The molecule has 2 aromatic rings. The summed E-state index contributed by atoms with van der Waals surface area (Å²) in [4.78, 5) is 22.0. The predicted molar refractivity (Wildman–Crippen MR) is 112 cm³/mol. The number of rotatable bonds is 4. The van der Waals surface area contributed by atoms with Crippen molar-refractivity contribution >= 4 is 66.9 Å². The highest BCUT2D eigenvalue weighted by atomic mass is 79.9. The summed E-state index contributed by atoms with van der Waals surface area (Å²) < 4.78 is 44.8. The zero-order chi connectivity index (χ0) is 22.2. The van der Waals surface area contributed by atoms with Crippen LogP contribution in [0.15, 0.2) is 45.0 Å². The Morgan fingerprint density at radius 1 is 1.13 bits per heavy atom. The van der Waals surface area contributed by atoms with Gasteiger partial charge in [0.2, 0.25) is 5.75 Å². The molecule has 3 rings (SSSR count). The van der Waals surface area contributed by atoms with Crippen molar-refractivity contribution in [2.24, 2.45) is 0 Å². The minimum absolute atomic E-state index is 0.0966. The number of amides is 1. The molecule has 0 atom stereocenters. The van der Waals surface area contributed by atoms with E-state index in [4.69, 9.17) is 17.0 Å². The van der Waals surface area contributed by atoms with Crippen molar-refractivity contribution in [3.05, 3.63) is 66.2 Å². The standard InChI is InChI=1S/C17H8Br2F3N3O4S/c18-9-3-7(5-11-15(26)24-16(30)23-11)4-10(19)14(9)29-13-2-1-8(17(20,21)22)6-12(13)25(27)28/h1-6H,(H2,23,24,26,30)/b11-5+. The lowest BCUT2D eigenvalue weighted by atomic mass is 10.1. The zero-order valence-corrected chi connectivity index (χ0v) is 18.3. The summed E-state index contributed by atoms with van der Waals surface area (Å²) in [6.45, 7) is 0. The van der Waals surface area contributed by atoms with Gasteiger partial charge in [0.25, 0.3) is 5.91 Å². The van der Waals surface area contributed by atoms with Crippen LogP contribution in [-0.2, 0) is 11.0 Å². The average Bonchev–Trinajstić information content (AvgIpc) is 2.94. The van der Waals surface area contributed by atoms with Gasteiger partial charge in [-0.2, -0.15) is 13.2 Å². The first kappa shape index (κ1) is 22.2. The van der Waals surface area contributed by atoms with Gasteiger partial charge in [0, 0.05) is 6.07 Å². The van der Waals surface area contributed by atoms with Crippen molar-refractivity contribution < 1.29 is 27.6 Å². The first-order valence-corrected chi connectivity index (χ1v) is 9.81. The number of thiocarbonyl (C=S) groups is 1. The van der Waals surface area contributed by atoms with Gasteiger partial charge in [-0.3, -0.25) is 20.2 Å². The van der Waals surface area contributed by atoms with E-state index in [1.165, 1.54) is 6.08 Å². The first-order chi connectivity index (χ1) is 14.0. The number of nitro groups is 1. The molecule has 2 aromatic carbocycles. The fraction of sp³-hybridized carbons (Fsp3) is 0.0588. The SMILES string of the molecule is O=C1NC(=S)N/C1=C/c1cc(Br)c(Oc2ccc(C(F)(F)F)cc2[N+](=O)[O-])c(Br)c1. The maximum absolute atomic E-state index is 12.9. The largest absolute Gasteiger partial charge is 0.448 e. The topological polar surface area (TPSA) is 93.5 Å². The van der Waals surface area contributed by atoms with E-state index in [1.807, 2.05) is 0 Å². The highest BCUT2D eigenvalue weighted by Gasteiger charge is 2.33. The van der Waals surface area contributed by atoms with Gasteiger partial charge in [-0.05, 0) is 80.0 Å². The molecule has 0 aromatic heterocycles. The van der Waals surface area contributed by atoms with Gasteiger partial charge in [0.05, 0.1) is 19.4 Å². The van der Waals surface area contributed by atoms with Crippen LogP contribution in [0, 0.1) is 10.1 Å². The van der Waals surface area contributed by atoms with Gasteiger partial charge >= 0.3 is 11.9 Å². The van der Waals surface area contributed by atoms with E-state index in [9.17, 15) is 28.1 Å². The van der Waals surface area contributed by atoms with Crippen LogP contribution in [-0.4, -0.2) is 15.9 Å². The van der Waals surface area contributed by atoms with Crippen LogP contribution in [0.1, 0.15) is 11.1 Å². The average molecular weight is 567 g/mol. The highest BCUT2D eigenvalue weighted by Crippen LogP contribution is 2.42. The van der Waals surface area contributed by atoms with E-state index in [1.54, 1.807) is 12.1 Å². The third-order valence-corrected chi connectivity index (χ3v) is 5.13. The quantitative estimate of drug-likeness (QED) is 0.226. The summed E-state index contributed by atoms with van der Waals surface area (Å²) in [7, 11) is 0. The molecule has 2 N–H and O–H groups in total. The number of carbonyl (C=O) groups excluding carboxylic acids is 1. The second-order valence-electron chi connectivity index (χ2n) is 5.82. The Balaban J connectivity index is 1.96. The molecular formula is C17H8Br2F3N3O4S. The summed E-state index contributed by atoms with van der Waals surface area (Å²) in [5.74, 6) is -0.685. The molecule has 30 heavy (non-hydrogen) atoms. The van der Waals surface area contributed by atoms with E-state index in [0.29, 0.717) is 26.6 Å². The van der Waals surface area contributed by atoms with Crippen LogP contribution in [0.2, 0.25) is 0 Å². The Morgan fingerprint density at radius 3 is 2.27 bits per heavy atom. The second-order valence-corrected chi connectivity index (χ2v) is 7.94. The van der Waals surface area contributed by atoms with Crippen LogP contribution in [0.3, 0.4) is 0 Å². The number of nitro benzene ring substituents is 1. The molecule has 156 valence electrons. The third-order valence-electron chi connectivity index (χ3n) is 3.75. The molecule has 1 aliphatic rings. The van der Waals surface area contributed by atoms with Crippen molar-refractivity contribution in [2.45, 2.75) is 6.18 Å². The molecule has 0 unspecified atom stereocenters. The molecule has 1 heterocycles. The van der Waals surface area contributed by atoms with Gasteiger partial charge in [-0.25, -0.2) is 0 Å². The number of hydrogen-bond donors (Lipinski definition) is 2. The Bertz CT molecular complexity index is 1100. The molecule has 0 radical (unpaired) electrons. The van der Waals surface area contributed by atoms with Gasteiger partial charge in [-0.15, -0.1) is 0 Å². The Morgan fingerprint density at radius 2 is 1.77 bits per heavy atom. The maximum Gasteiger partial charge on any atom is 0.416 e. The lowest BCUT2D eigenvalue weighted by Gasteiger charge is -2.13. The number of alkyl halides is 3. The molecule has 0 saturated carbocycles. The maximum atomic E-state index is 12.9. The fourth-order valence-electron chi connectivity index (χ4n) is 2.44. The lowest BCUT2D eigenvalue weighted by molar-refractivity contribution is -0.385. The molecule has 1 aliphatic heterocycles. The summed E-state index contributed by atoms with van der Waals surface area (Å²) in [5.41, 5.74) is -1.24. The molecular weight excluding hydrogens is 559 g/mol. The van der Waals surface area contributed by atoms with Crippen molar-refractivity contribution in [2.75, 3.05) is 0 Å². The molecule has 0 aliphatic carbocycles. The molecule has 7 nitrogen and oxygen atoms in total. The van der Waals surface area contributed by atoms with Crippen LogP contribution < -0.4 is 15.4 Å². The van der Waals surface area contributed by atoms with E-state index >= 15 is 0 Å². The van der Waals surface area contributed by atoms with Gasteiger partial charge < -0.3 is 10.1 Å². The normalized spacial score (nSPS) is 15.2. The highest BCUT2D eigenvalue weighted by molar-refractivity contribution is 9.11. The Hall–Kier alpha value is -2.51. The van der Waals surface area contributed by atoms with Crippen LogP contribution in [0.5, 0.6) is 11.5 Å². The predicted octanol–water partition coefficient (Wildman–Crippen LogP) is 5.28. The van der Waals surface area contributed by atoms with E-state index in [2.05, 4.69) is 42.5 Å². The number of nitrogens with one attached hydrogen (secondary N) is 2. The third kappa shape index (κ3) is 4.79. The van der Waals surface area contributed by atoms with Crippen LogP contribution in [0.4, 0.5) is 18.9 Å². The second kappa shape index (κ2) is 8.32. The van der Waals surface area contributed by atoms with Crippen LogP contribution in [0.25, 0.3) is 6.08 Å². The van der Waals surface area contributed by atoms with Crippen molar-refractivity contribution in [1.29, 1.82) is 0 Å². The number of halogens is 5. The molecule has 0 spiro atoms. The lowest BCUT2D eigenvalue weighted by Crippen LogP contribution is -2.21. The van der Waals surface area contributed by atoms with E-state index in [0.717, 1.165) is 6.07 Å². The van der Waals surface area contributed by atoms with Gasteiger partial charge in [0.1, 0.15) is 5.70 Å². The number of nitrogens with zero attached hydrogens (tertiary/aromatic N) is 1. The smallest absolute Gasteiger partial charge is 0.416 e. The molecule has 1 saturated heterocycles. The summed E-state index contributed by atoms with van der Waals surface area (Å²) in [6.07, 6.45) is -3.23. The van der Waals surface area contributed by atoms with E-state index < -0.39 is 28.3 Å². The number of benzene rings is 2. The molecule has 0 bridgehead atoms. The minimum Gasteiger partial charge on any atom is -0.448 e. The Kier molecular flexibility index (Phi) is 6.15. The van der Waals surface area contributed by atoms with Gasteiger partial charge in [0.15, 0.2) is 10.9 Å². The first-order valence-electron chi connectivity index (χ1n) is 7.82.